The lowest BCUT2D eigenvalue weighted by Crippen LogP contribution is -2.12. The third-order valence-corrected chi connectivity index (χ3v) is 5.91. The summed E-state index contributed by atoms with van der Waals surface area (Å²) in [5.74, 6) is 0. The predicted octanol–water partition coefficient (Wildman–Crippen LogP) is 5.94. The molecule has 0 aliphatic carbocycles. The predicted molar refractivity (Wildman–Crippen MR) is 75.6 cm³/mol. The molecule has 0 nitrogen and oxygen atoms in total. The van der Waals surface area contributed by atoms with Crippen LogP contribution in [0.15, 0.2) is 49.9 Å². The molecule has 0 unspecified atom stereocenters. The van der Waals surface area contributed by atoms with Crippen LogP contribution < -0.4 is 0 Å². The van der Waals surface area contributed by atoms with Crippen molar-refractivity contribution >= 4 is 23.5 Å². The van der Waals surface area contributed by atoms with Gasteiger partial charge in [0.1, 0.15) is 0 Å². The summed E-state index contributed by atoms with van der Waals surface area (Å²) in [6.07, 6.45) is -4.32. The van der Waals surface area contributed by atoms with Crippen molar-refractivity contribution in [1.82, 2.24) is 0 Å². The molecule has 5 heteroatoms. The summed E-state index contributed by atoms with van der Waals surface area (Å²) in [5.41, 5.74) is 0.520. The first-order chi connectivity index (χ1) is 9.38. The zero-order chi connectivity index (χ0) is 14.5. The highest BCUT2D eigenvalue weighted by Gasteiger charge is 2.38. The molecule has 0 bridgehead atoms. The van der Waals surface area contributed by atoms with E-state index in [1.165, 1.54) is 23.5 Å². The number of rotatable bonds is 0. The van der Waals surface area contributed by atoms with Crippen molar-refractivity contribution in [2.24, 2.45) is 0 Å². The Morgan fingerprint density at radius 1 is 0.900 bits per heavy atom. The molecule has 1 aliphatic rings. The van der Waals surface area contributed by atoms with E-state index < -0.39 is 11.7 Å². The van der Waals surface area contributed by atoms with E-state index in [2.05, 4.69) is 0 Å². The number of alkyl halides is 3. The maximum Gasteiger partial charge on any atom is 0.417 e. The average Bonchev–Trinajstić information content (AvgIpc) is 2.36. The average molecular weight is 312 g/mol. The standard InChI is InChI=1S/C15H11F3S2/c1-8-7-12-14(13(9(8)2)15(16,17)18)20-11-6-4-3-5-10(11)19-12/h3-7H,1-2H3. The van der Waals surface area contributed by atoms with Crippen LogP contribution in [0.5, 0.6) is 0 Å². The molecule has 2 aromatic carbocycles. The number of hydrogen-bond donors (Lipinski definition) is 0. The van der Waals surface area contributed by atoms with Gasteiger partial charge in [0.2, 0.25) is 0 Å². The molecular formula is C15H11F3S2. The number of halogens is 3. The van der Waals surface area contributed by atoms with Gasteiger partial charge in [0, 0.05) is 19.6 Å². The molecule has 0 spiro atoms. The minimum atomic E-state index is -4.32. The Morgan fingerprint density at radius 2 is 1.50 bits per heavy atom. The van der Waals surface area contributed by atoms with E-state index in [0.717, 1.165) is 9.79 Å². The second-order valence-corrected chi connectivity index (χ2v) is 6.81. The minimum Gasteiger partial charge on any atom is -0.166 e. The molecule has 0 saturated carbocycles. The summed E-state index contributed by atoms with van der Waals surface area (Å²) in [7, 11) is 0. The van der Waals surface area contributed by atoms with E-state index in [1.54, 1.807) is 13.8 Å². The number of aryl methyl sites for hydroxylation is 1. The van der Waals surface area contributed by atoms with Crippen molar-refractivity contribution in [3.63, 3.8) is 0 Å². The molecule has 2 aromatic rings. The fraction of sp³-hybridized carbons (Fsp3) is 0.200. The van der Waals surface area contributed by atoms with Crippen LogP contribution in [0.1, 0.15) is 16.7 Å². The minimum absolute atomic E-state index is 0.323. The normalized spacial score (nSPS) is 13.8. The summed E-state index contributed by atoms with van der Waals surface area (Å²) in [5, 5.41) is 0. The maximum atomic E-state index is 13.4. The van der Waals surface area contributed by atoms with Crippen molar-refractivity contribution in [3.05, 3.63) is 47.0 Å². The van der Waals surface area contributed by atoms with Gasteiger partial charge in [-0.2, -0.15) is 13.2 Å². The van der Waals surface area contributed by atoms with E-state index in [9.17, 15) is 13.2 Å². The van der Waals surface area contributed by atoms with Gasteiger partial charge in [0.05, 0.1) is 5.56 Å². The largest absolute Gasteiger partial charge is 0.417 e. The van der Waals surface area contributed by atoms with Gasteiger partial charge in [0.25, 0.3) is 0 Å². The molecule has 0 atom stereocenters. The van der Waals surface area contributed by atoms with E-state index in [-0.39, 0.29) is 0 Å². The molecule has 1 aliphatic heterocycles. The van der Waals surface area contributed by atoms with Crippen LogP contribution in [0.25, 0.3) is 0 Å². The van der Waals surface area contributed by atoms with Crippen LogP contribution in [0.2, 0.25) is 0 Å². The number of hydrogen-bond acceptors (Lipinski definition) is 2. The van der Waals surface area contributed by atoms with E-state index in [0.29, 0.717) is 20.9 Å². The molecule has 0 fully saturated rings. The van der Waals surface area contributed by atoms with Crippen LogP contribution in [-0.4, -0.2) is 0 Å². The van der Waals surface area contributed by atoms with Gasteiger partial charge in [-0.15, -0.1) is 0 Å². The molecule has 20 heavy (non-hydrogen) atoms. The molecule has 0 amide bonds. The highest BCUT2D eigenvalue weighted by molar-refractivity contribution is 8.05. The lowest BCUT2D eigenvalue weighted by Gasteiger charge is -2.24. The van der Waals surface area contributed by atoms with Gasteiger partial charge in [-0.05, 0) is 43.2 Å². The SMILES string of the molecule is Cc1cc2c(c(C(F)(F)F)c1C)Sc1ccccc1S2. The molecular weight excluding hydrogens is 301 g/mol. The van der Waals surface area contributed by atoms with Gasteiger partial charge >= 0.3 is 6.18 Å². The smallest absolute Gasteiger partial charge is 0.166 e. The monoisotopic (exact) mass is 312 g/mol. The molecule has 3 rings (SSSR count). The third-order valence-electron chi connectivity index (χ3n) is 3.33. The number of benzene rings is 2. The number of fused-ring (bicyclic) bond motifs is 2. The van der Waals surface area contributed by atoms with Gasteiger partial charge < -0.3 is 0 Å². The van der Waals surface area contributed by atoms with Crippen LogP contribution in [0, 0.1) is 13.8 Å². The zero-order valence-electron chi connectivity index (χ0n) is 10.8. The molecule has 0 aromatic heterocycles. The molecule has 0 radical (unpaired) electrons. The summed E-state index contributed by atoms with van der Waals surface area (Å²) in [6.45, 7) is 3.28. The Labute approximate surface area is 123 Å². The fourth-order valence-corrected chi connectivity index (χ4v) is 4.77. The summed E-state index contributed by atoms with van der Waals surface area (Å²) < 4.78 is 40.1. The maximum absolute atomic E-state index is 13.4. The summed E-state index contributed by atoms with van der Waals surface area (Å²) in [4.78, 5) is 2.94. The molecule has 1 heterocycles. The Hall–Kier alpha value is -1.07. The second kappa shape index (κ2) is 4.74. The molecule has 0 saturated heterocycles. The van der Waals surface area contributed by atoms with Crippen LogP contribution in [0.3, 0.4) is 0 Å². The van der Waals surface area contributed by atoms with E-state index in [1.807, 2.05) is 30.3 Å². The van der Waals surface area contributed by atoms with Crippen molar-refractivity contribution in [2.75, 3.05) is 0 Å². The Bertz CT molecular complexity index is 690. The van der Waals surface area contributed by atoms with Crippen molar-refractivity contribution in [3.8, 4) is 0 Å². The first kappa shape index (κ1) is 13.9. The fourth-order valence-electron chi connectivity index (χ4n) is 2.23. The third kappa shape index (κ3) is 2.23. The van der Waals surface area contributed by atoms with Gasteiger partial charge in [-0.3, -0.25) is 0 Å². The highest BCUT2D eigenvalue weighted by atomic mass is 32.2. The first-order valence-electron chi connectivity index (χ1n) is 6.04. The zero-order valence-corrected chi connectivity index (χ0v) is 12.5. The quantitative estimate of drug-likeness (QED) is 0.504. The summed E-state index contributed by atoms with van der Waals surface area (Å²) >= 11 is 2.63. The van der Waals surface area contributed by atoms with Gasteiger partial charge in [-0.1, -0.05) is 35.7 Å². The van der Waals surface area contributed by atoms with Crippen molar-refractivity contribution in [2.45, 2.75) is 39.6 Å². The van der Waals surface area contributed by atoms with Crippen molar-refractivity contribution in [1.29, 1.82) is 0 Å². The Morgan fingerprint density at radius 3 is 2.10 bits per heavy atom. The topological polar surface area (TPSA) is 0 Å². The lowest BCUT2D eigenvalue weighted by molar-refractivity contribution is -0.140. The lowest BCUT2D eigenvalue weighted by atomic mass is 10.0. The molecule has 104 valence electrons. The van der Waals surface area contributed by atoms with Crippen molar-refractivity contribution < 1.29 is 13.2 Å². The van der Waals surface area contributed by atoms with E-state index >= 15 is 0 Å². The van der Waals surface area contributed by atoms with E-state index in [4.69, 9.17) is 0 Å². The van der Waals surface area contributed by atoms with Crippen LogP contribution in [0.4, 0.5) is 13.2 Å². The first-order valence-corrected chi connectivity index (χ1v) is 7.67. The summed E-state index contributed by atoms with van der Waals surface area (Å²) in [6, 6.07) is 9.42. The van der Waals surface area contributed by atoms with Crippen LogP contribution in [-0.2, 0) is 6.18 Å². The van der Waals surface area contributed by atoms with Gasteiger partial charge in [0.15, 0.2) is 0 Å². The van der Waals surface area contributed by atoms with Gasteiger partial charge in [-0.25, -0.2) is 0 Å². The Kier molecular flexibility index (Phi) is 3.29. The molecule has 0 N–H and O–H groups in total. The second-order valence-electron chi connectivity index (χ2n) is 4.67. The highest BCUT2D eigenvalue weighted by Crippen LogP contribution is 2.53. The Balaban J connectivity index is 2.24. The van der Waals surface area contributed by atoms with Crippen LogP contribution >= 0.6 is 23.5 Å².